The number of nitrogens with one attached hydrogen (secondary N) is 1. The van der Waals surface area contributed by atoms with Gasteiger partial charge in [-0.05, 0) is 49.4 Å². The lowest BCUT2D eigenvalue weighted by Gasteiger charge is -2.15. The summed E-state index contributed by atoms with van der Waals surface area (Å²) in [5.74, 6) is 2.43. The number of benzene rings is 1. The number of aliphatic hydroxyl groups excluding tert-OH is 1. The van der Waals surface area contributed by atoms with E-state index in [1.165, 1.54) is 19.3 Å². The zero-order chi connectivity index (χ0) is 14.4. The van der Waals surface area contributed by atoms with E-state index in [0.29, 0.717) is 13.2 Å². The molecule has 1 saturated carbocycles. The maximum Gasteiger partial charge on any atom is 0.120 e. The minimum absolute atomic E-state index is 0.324. The van der Waals surface area contributed by atoms with E-state index in [1.54, 1.807) is 0 Å². The van der Waals surface area contributed by atoms with E-state index in [9.17, 15) is 5.11 Å². The predicted octanol–water partition coefficient (Wildman–Crippen LogP) is 3.21. The quantitative estimate of drug-likeness (QED) is 0.800. The molecule has 1 fully saturated rings. The van der Waals surface area contributed by atoms with Crippen molar-refractivity contribution < 1.29 is 9.84 Å². The van der Waals surface area contributed by atoms with E-state index in [1.807, 2.05) is 24.3 Å². The lowest BCUT2D eigenvalue weighted by molar-refractivity contribution is 0.105. The molecule has 0 bridgehead atoms. The molecule has 1 aromatic carbocycles. The van der Waals surface area contributed by atoms with E-state index >= 15 is 0 Å². The third-order valence-corrected chi connectivity index (χ3v) is 4.35. The van der Waals surface area contributed by atoms with Crippen LogP contribution in [0.4, 0.5) is 0 Å². The maximum atomic E-state index is 9.91. The molecule has 20 heavy (non-hydrogen) atoms. The first-order valence-corrected chi connectivity index (χ1v) is 8.20. The van der Waals surface area contributed by atoms with Crippen molar-refractivity contribution in [1.82, 2.24) is 5.32 Å². The summed E-state index contributed by atoms with van der Waals surface area (Å²) in [5.41, 5.74) is 0. The molecule has 0 radical (unpaired) electrons. The fourth-order valence-electron chi connectivity index (χ4n) is 2.77. The molecule has 3 nitrogen and oxygen atoms in total. The van der Waals surface area contributed by atoms with Crippen molar-refractivity contribution in [3.05, 3.63) is 28.7 Å². The number of hydrogen-bond donors (Lipinski definition) is 2. The van der Waals surface area contributed by atoms with E-state index in [-0.39, 0.29) is 0 Å². The van der Waals surface area contributed by atoms with Crippen molar-refractivity contribution in [2.45, 2.75) is 32.3 Å². The summed E-state index contributed by atoms with van der Waals surface area (Å²) in [6, 6.07) is 7.67. The molecule has 1 aromatic rings. The highest BCUT2D eigenvalue weighted by molar-refractivity contribution is 9.10. The summed E-state index contributed by atoms with van der Waals surface area (Å²) >= 11 is 3.40. The van der Waals surface area contributed by atoms with Gasteiger partial charge in [0, 0.05) is 11.0 Å². The Hall–Kier alpha value is -0.580. The number of halogens is 1. The molecule has 4 heteroatoms. The normalized spacial score (nSPS) is 23.8. The SMILES string of the molecule is CC1CCC(CNCC(O)COc2cccc(Br)c2)C1. The molecule has 0 saturated heterocycles. The van der Waals surface area contributed by atoms with Gasteiger partial charge in [0.05, 0.1) is 0 Å². The largest absolute Gasteiger partial charge is 0.491 e. The first-order chi connectivity index (χ1) is 9.63. The second-order valence-electron chi connectivity index (χ2n) is 5.86. The van der Waals surface area contributed by atoms with Gasteiger partial charge in [0.15, 0.2) is 0 Å². The number of rotatable bonds is 7. The summed E-state index contributed by atoms with van der Waals surface area (Å²) in [5, 5.41) is 13.3. The van der Waals surface area contributed by atoms with Gasteiger partial charge in [0.25, 0.3) is 0 Å². The van der Waals surface area contributed by atoms with E-state index in [0.717, 1.165) is 28.6 Å². The van der Waals surface area contributed by atoms with Crippen molar-refractivity contribution in [2.24, 2.45) is 11.8 Å². The highest BCUT2D eigenvalue weighted by atomic mass is 79.9. The van der Waals surface area contributed by atoms with Gasteiger partial charge < -0.3 is 15.2 Å². The van der Waals surface area contributed by atoms with Crippen LogP contribution in [0.3, 0.4) is 0 Å². The topological polar surface area (TPSA) is 41.5 Å². The lowest BCUT2D eigenvalue weighted by atomic mass is 10.1. The second-order valence-corrected chi connectivity index (χ2v) is 6.78. The fourth-order valence-corrected chi connectivity index (χ4v) is 3.15. The summed E-state index contributed by atoms with van der Waals surface area (Å²) in [6.45, 7) is 4.25. The van der Waals surface area contributed by atoms with Crippen LogP contribution in [0.25, 0.3) is 0 Å². The molecule has 3 atom stereocenters. The zero-order valence-corrected chi connectivity index (χ0v) is 13.6. The summed E-state index contributed by atoms with van der Waals surface area (Å²) < 4.78 is 6.55. The second kappa shape index (κ2) is 8.01. The molecule has 2 rings (SSSR count). The van der Waals surface area contributed by atoms with Crippen LogP contribution in [0, 0.1) is 11.8 Å². The molecule has 112 valence electrons. The maximum absolute atomic E-state index is 9.91. The summed E-state index contributed by atoms with van der Waals surface area (Å²) in [6.07, 6.45) is 3.52. The van der Waals surface area contributed by atoms with Gasteiger partial charge in [0.2, 0.25) is 0 Å². The predicted molar refractivity (Wildman–Crippen MR) is 85.0 cm³/mol. The first kappa shape index (κ1) is 15.8. The van der Waals surface area contributed by atoms with Gasteiger partial charge in [0.1, 0.15) is 18.5 Å². The van der Waals surface area contributed by atoms with Crippen LogP contribution in [0.1, 0.15) is 26.2 Å². The number of hydrogen-bond acceptors (Lipinski definition) is 3. The van der Waals surface area contributed by atoms with Crippen molar-refractivity contribution in [1.29, 1.82) is 0 Å². The molecule has 3 unspecified atom stereocenters. The van der Waals surface area contributed by atoms with Crippen molar-refractivity contribution in [3.63, 3.8) is 0 Å². The van der Waals surface area contributed by atoms with Crippen LogP contribution in [0.15, 0.2) is 28.7 Å². The molecule has 1 aliphatic carbocycles. The van der Waals surface area contributed by atoms with Crippen molar-refractivity contribution in [2.75, 3.05) is 19.7 Å². The van der Waals surface area contributed by atoms with Crippen LogP contribution < -0.4 is 10.1 Å². The Morgan fingerprint density at radius 2 is 2.30 bits per heavy atom. The Labute approximate surface area is 129 Å². The lowest BCUT2D eigenvalue weighted by Crippen LogP contribution is -2.33. The Balaban J connectivity index is 1.59. The summed E-state index contributed by atoms with van der Waals surface area (Å²) in [7, 11) is 0. The summed E-state index contributed by atoms with van der Waals surface area (Å²) in [4.78, 5) is 0. The molecular formula is C16H24BrNO2. The van der Waals surface area contributed by atoms with Crippen molar-refractivity contribution in [3.8, 4) is 5.75 Å². The zero-order valence-electron chi connectivity index (χ0n) is 12.0. The van der Waals surface area contributed by atoms with E-state index in [4.69, 9.17) is 4.74 Å². The third kappa shape index (κ3) is 5.43. The average molecular weight is 342 g/mol. The fraction of sp³-hybridized carbons (Fsp3) is 0.625. The molecule has 0 aliphatic heterocycles. The van der Waals surface area contributed by atoms with Gasteiger partial charge in [-0.2, -0.15) is 0 Å². The molecule has 2 N–H and O–H groups in total. The molecule has 0 amide bonds. The van der Waals surface area contributed by atoms with Gasteiger partial charge in [-0.3, -0.25) is 0 Å². The third-order valence-electron chi connectivity index (χ3n) is 3.85. The van der Waals surface area contributed by atoms with Gasteiger partial charge in [-0.25, -0.2) is 0 Å². The van der Waals surface area contributed by atoms with Gasteiger partial charge in [-0.1, -0.05) is 35.3 Å². The van der Waals surface area contributed by atoms with Crippen LogP contribution in [0.5, 0.6) is 5.75 Å². The van der Waals surface area contributed by atoms with E-state index < -0.39 is 6.10 Å². The molecule has 0 aromatic heterocycles. The van der Waals surface area contributed by atoms with Crippen LogP contribution in [-0.4, -0.2) is 30.9 Å². The number of aliphatic hydroxyl groups is 1. The molecule has 1 aliphatic rings. The molecular weight excluding hydrogens is 318 g/mol. The highest BCUT2D eigenvalue weighted by Crippen LogP contribution is 2.29. The minimum atomic E-state index is -0.465. The number of ether oxygens (including phenoxy) is 1. The Morgan fingerprint density at radius 3 is 3.00 bits per heavy atom. The average Bonchev–Trinajstić information content (AvgIpc) is 2.82. The van der Waals surface area contributed by atoms with Crippen LogP contribution in [-0.2, 0) is 0 Å². The van der Waals surface area contributed by atoms with Crippen LogP contribution >= 0.6 is 15.9 Å². The Morgan fingerprint density at radius 1 is 1.45 bits per heavy atom. The van der Waals surface area contributed by atoms with Gasteiger partial charge >= 0.3 is 0 Å². The molecule has 0 heterocycles. The minimum Gasteiger partial charge on any atom is -0.491 e. The standard InChI is InChI=1S/C16H24BrNO2/c1-12-5-6-13(7-12)9-18-10-15(19)11-20-16-4-2-3-14(17)8-16/h2-4,8,12-13,15,18-19H,5-7,9-11H2,1H3. The van der Waals surface area contributed by atoms with Crippen molar-refractivity contribution >= 4 is 15.9 Å². The first-order valence-electron chi connectivity index (χ1n) is 7.40. The van der Waals surface area contributed by atoms with E-state index in [2.05, 4.69) is 28.2 Å². The molecule has 0 spiro atoms. The monoisotopic (exact) mass is 341 g/mol. The smallest absolute Gasteiger partial charge is 0.120 e. The Bertz CT molecular complexity index is 413. The Kier molecular flexibility index (Phi) is 6.33. The highest BCUT2D eigenvalue weighted by Gasteiger charge is 2.20. The van der Waals surface area contributed by atoms with Gasteiger partial charge in [-0.15, -0.1) is 0 Å². The van der Waals surface area contributed by atoms with Crippen LogP contribution in [0.2, 0.25) is 0 Å².